The van der Waals surface area contributed by atoms with E-state index in [1.807, 2.05) is 0 Å². The van der Waals surface area contributed by atoms with Crippen molar-refractivity contribution in [3.8, 4) is 0 Å². The fourth-order valence-corrected chi connectivity index (χ4v) is 2.84. The number of aliphatic hydroxyl groups excluding tert-OH is 1. The van der Waals surface area contributed by atoms with E-state index in [-0.39, 0.29) is 6.61 Å². The van der Waals surface area contributed by atoms with Gasteiger partial charge in [-0.2, -0.15) is 0 Å². The van der Waals surface area contributed by atoms with E-state index >= 15 is 0 Å². The molecule has 0 aromatic carbocycles. The SMILES string of the molecule is CCCCCCCCCCCCCCC(CC)OCCO. The number of hydrogen-bond donors (Lipinski definition) is 1. The van der Waals surface area contributed by atoms with Crippen LogP contribution in [0.4, 0.5) is 0 Å². The van der Waals surface area contributed by atoms with Crippen molar-refractivity contribution in [2.45, 2.75) is 110 Å². The van der Waals surface area contributed by atoms with Gasteiger partial charge in [0.1, 0.15) is 0 Å². The molecule has 0 aliphatic carbocycles. The van der Waals surface area contributed by atoms with Crippen LogP contribution in [0.15, 0.2) is 0 Å². The van der Waals surface area contributed by atoms with Crippen LogP contribution in [0.25, 0.3) is 0 Å². The lowest BCUT2D eigenvalue weighted by Gasteiger charge is -2.15. The summed E-state index contributed by atoms with van der Waals surface area (Å²) in [5.74, 6) is 0. The van der Waals surface area contributed by atoms with E-state index in [0.717, 1.165) is 12.8 Å². The maximum atomic E-state index is 8.76. The van der Waals surface area contributed by atoms with Crippen molar-refractivity contribution in [3.05, 3.63) is 0 Å². The molecule has 0 aliphatic heterocycles. The highest BCUT2D eigenvalue weighted by Gasteiger charge is 2.05. The normalized spacial score (nSPS) is 12.7. The van der Waals surface area contributed by atoms with Crippen LogP contribution in [0, 0.1) is 0 Å². The summed E-state index contributed by atoms with van der Waals surface area (Å²) < 4.78 is 5.59. The zero-order chi connectivity index (χ0) is 15.6. The molecule has 0 saturated carbocycles. The van der Waals surface area contributed by atoms with Crippen molar-refractivity contribution in [1.29, 1.82) is 0 Å². The van der Waals surface area contributed by atoms with E-state index in [1.165, 1.54) is 77.0 Å². The second kappa shape index (κ2) is 18.0. The molecule has 0 saturated heterocycles. The molecule has 2 heteroatoms. The molecule has 1 atom stereocenters. The third kappa shape index (κ3) is 16.1. The predicted octanol–water partition coefficient (Wildman–Crippen LogP) is 5.87. The first-order valence-electron chi connectivity index (χ1n) is 9.57. The Balaban J connectivity index is 3.14. The van der Waals surface area contributed by atoms with Gasteiger partial charge in [-0.05, 0) is 12.8 Å². The third-order valence-electron chi connectivity index (χ3n) is 4.28. The van der Waals surface area contributed by atoms with Crippen LogP contribution >= 0.6 is 0 Å². The summed E-state index contributed by atoms with van der Waals surface area (Å²) in [6.07, 6.45) is 19.4. The molecule has 128 valence electrons. The highest BCUT2D eigenvalue weighted by Crippen LogP contribution is 2.14. The smallest absolute Gasteiger partial charge is 0.0701 e. The molecule has 0 rings (SSSR count). The summed E-state index contributed by atoms with van der Waals surface area (Å²) in [4.78, 5) is 0. The van der Waals surface area contributed by atoms with Gasteiger partial charge in [-0.3, -0.25) is 0 Å². The maximum Gasteiger partial charge on any atom is 0.0701 e. The van der Waals surface area contributed by atoms with E-state index < -0.39 is 0 Å². The molecule has 0 heterocycles. The molecule has 0 radical (unpaired) electrons. The summed E-state index contributed by atoms with van der Waals surface area (Å²) in [6.45, 7) is 5.09. The van der Waals surface area contributed by atoms with Gasteiger partial charge in [0.05, 0.1) is 19.3 Å². The molecule has 21 heavy (non-hydrogen) atoms. The second-order valence-electron chi connectivity index (χ2n) is 6.30. The minimum Gasteiger partial charge on any atom is -0.394 e. The van der Waals surface area contributed by atoms with E-state index in [4.69, 9.17) is 9.84 Å². The van der Waals surface area contributed by atoms with Gasteiger partial charge in [-0.1, -0.05) is 90.9 Å². The lowest BCUT2D eigenvalue weighted by molar-refractivity contribution is 0.0208. The van der Waals surface area contributed by atoms with Crippen LogP contribution in [0.3, 0.4) is 0 Å². The zero-order valence-corrected chi connectivity index (χ0v) is 14.7. The topological polar surface area (TPSA) is 29.5 Å². The second-order valence-corrected chi connectivity index (χ2v) is 6.30. The van der Waals surface area contributed by atoms with Gasteiger partial charge in [0.25, 0.3) is 0 Å². The Morgan fingerprint density at radius 3 is 1.62 bits per heavy atom. The van der Waals surface area contributed by atoms with Crippen molar-refractivity contribution < 1.29 is 9.84 Å². The van der Waals surface area contributed by atoms with Gasteiger partial charge in [0, 0.05) is 0 Å². The molecule has 1 N–H and O–H groups in total. The predicted molar refractivity (Wildman–Crippen MR) is 92.8 cm³/mol. The summed E-state index contributed by atoms with van der Waals surface area (Å²) in [6, 6.07) is 0. The lowest BCUT2D eigenvalue weighted by Crippen LogP contribution is -2.14. The number of aliphatic hydroxyl groups is 1. The molecule has 0 spiro atoms. The lowest BCUT2D eigenvalue weighted by atomic mass is 10.0. The minimum atomic E-state index is 0.148. The Bertz CT molecular complexity index is 182. The highest BCUT2D eigenvalue weighted by atomic mass is 16.5. The summed E-state index contributed by atoms with van der Waals surface area (Å²) in [5.41, 5.74) is 0. The molecule has 0 aromatic rings. The highest BCUT2D eigenvalue weighted by molar-refractivity contribution is 4.56. The van der Waals surface area contributed by atoms with Crippen molar-refractivity contribution in [1.82, 2.24) is 0 Å². The van der Waals surface area contributed by atoms with Gasteiger partial charge in [0.15, 0.2) is 0 Å². The van der Waals surface area contributed by atoms with Crippen LogP contribution in [0.5, 0.6) is 0 Å². The Hall–Kier alpha value is -0.0800. The number of unbranched alkanes of at least 4 members (excludes halogenated alkanes) is 11. The van der Waals surface area contributed by atoms with Crippen molar-refractivity contribution >= 4 is 0 Å². The van der Waals surface area contributed by atoms with Gasteiger partial charge >= 0.3 is 0 Å². The van der Waals surface area contributed by atoms with E-state index in [0.29, 0.717) is 12.7 Å². The molecule has 1 unspecified atom stereocenters. The molecule has 0 amide bonds. The van der Waals surface area contributed by atoms with Crippen molar-refractivity contribution in [3.63, 3.8) is 0 Å². The van der Waals surface area contributed by atoms with E-state index in [2.05, 4.69) is 13.8 Å². The van der Waals surface area contributed by atoms with Crippen LogP contribution in [0.1, 0.15) is 104 Å². The average molecular weight is 301 g/mol. The monoisotopic (exact) mass is 300 g/mol. The summed E-state index contributed by atoms with van der Waals surface area (Å²) in [7, 11) is 0. The van der Waals surface area contributed by atoms with Crippen LogP contribution < -0.4 is 0 Å². The number of rotatable bonds is 17. The first-order valence-corrected chi connectivity index (χ1v) is 9.57. The average Bonchev–Trinajstić information content (AvgIpc) is 2.51. The fraction of sp³-hybridized carbons (Fsp3) is 1.00. The zero-order valence-electron chi connectivity index (χ0n) is 14.7. The van der Waals surface area contributed by atoms with Crippen LogP contribution in [0.2, 0.25) is 0 Å². The Kier molecular flexibility index (Phi) is 17.9. The largest absolute Gasteiger partial charge is 0.394 e. The molecule has 0 bridgehead atoms. The number of ether oxygens (including phenoxy) is 1. The Morgan fingerprint density at radius 2 is 1.19 bits per heavy atom. The number of hydrogen-bond acceptors (Lipinski definition) is 2. The van der Waals surface area contributed by atoms with Crippen molar-refractivity contribution in [2.24, 2.45) is 0 Å². The van der Waals surface area contributed by atoms with Crippen molar-refractivity contribution in [2.75, 3.05) is 13.2 Å². The first-order chi connectivity index (χ1) is 10.3. The van der Waals surface area contributed by atoms with Gasteiger partial charge in [0.2, 0.25) is 0 Å². The summed E-state index contributed by atoms with van der Waals surface area (Å²) in [5, 5.41) is 8.76. The van der Waals surface area contributed by atoms with E-state index in [1.54, 1.807) is 0 Å². The standard InChI is InChI=1S/C19H40O2/c1-3-5-6-7-8-9-10-11-12-13-14-15-16-19(4-2)21-18-17-20/h19-20H,3-18H2,1-2H3. The Labute approximate surface area is 133 Å². The van der Waals surface area contributed by atoms with Crippen LogP contribution in [-0.4, -0.2) is 24.4 Å². The van der Waals surface area contributed by atoms with Gasteiger partial charge in [-0.25, -0.2) is 0 Å². The molecule has 0 aromatic heterocycles. The quantitative estimate of drug-likeness (QED) is 0.341. The molecule has 2 nitrogen and oxygen atoms in total. The molecule has 0 fully saturated rings. The van der Waals surface area contributed by atoms with Crippen LogP contribution in [-0.2, 0) is 4.74 Å². The van der Waals surface area contributed by atoms with Gasteiger partial charge < -0.3 is 9.84 Å². The molecule has 0 aliphatic rings. The molecular formula is C19H40O2. The third-order valence-corrected chi connectivity index (χ3v) is 4.28. The summed E-state index contributed by atoms with van der Waals surface area (Å²) >= 11 is 0. The first kappa shape index (κ1) is 20.9. The Morgan fingerprint density at radius 1 is 0.714 bits per heavy atom. The maximum absolute atomic E-state index is 8.76. The fourth-order valence-electron chi connectivity index (χ4n) is 2.84. The van der Waals surface area contributed by atoms with Gasteiger partial charge in [-0.15, -0.1) is 0 Å². The van der Waals surface area contributed by atoms with E-state index in [9.17, 15) is 0 Å². The minimum absolute atomic E-state index is 0.148. The molecular weight excluding hydrogens is 260 g/mol.